The zero-order valence-corrected chi connectivity index (χ0v) is 7.32. The Morgan fingerprint density at radius 1 is 1.38 bits per heavy atom. The summed E-state index contributed by atoms with van der Waals surface area (Å²) < 4.78 is 0. The van der Waals surface area contributed by atoms with Crippen molar-refractivity contribution in [3.8, 4) is 0 Å². The van der Waals surface area contributed by atoms with Gasteiger partial charge >= 0.3 is 0 Å². The molecular formula is C9H5ClN2O. The Hall–Kier alpha value is -1.48. The average Bonchev–Trinajstić information content (AvgIpc) is 2.18. The zero-order valence-electron chi connectivity index (χ0n) is 6.57. The first kappa shape index (κ1) is 8.13. The van der Waals surface area contributed by atoms with E-state index in [4.69, 9.17) is 11.6 Å². The molecule has 1 aromatic heterocycles. The van der Waals surface area contributed by atoms with E-state index in [1.165, 1.54) is 0 Å². The van der Waals surface area contributed by atoms with Crippen LogP contribution in [0, 0.1) is 0 Å². The molecule has 0 aliphatic carbocycles. The van der Waals surface area contributed by atoms with Gasteiger partial charge in [0.25, 0.3) is 0 Å². The van der Waals surface area contributed by atoms with Crippen LogP contribution in [0.2, 0.25) is 5.15 Å². The van der Waals surface area contributed by atoms with Gasteiger partial charge in [0, 0.05) is 16.3 Å². The van der Waals surface area contributed by atoms with Gasteiger partial charge in [-0.2, -0.15) is 5.10 Å². The molecule has 0 radical (unpaired) electrons. The molecular weight excluding hydrogens is 188 g/mol. The maximum atomic E-state index is 10.5. The minimum Gasteiger partial charge on any atom is -0.298 e. The number of halogens is 1. The Labute approximate surface area is 79.4 Å². The lowest BCUT2D eigenvalue weighted by atomic mass is 10.1. The fraction of sp³-hybridized carbons (Fsp3) is 0. The number of carbonyl (C=O) groups excluding carboxylic acids is 1. The van der Waals surface area contributed by atoms with Crippen molar-refractivity contribution in [1.29, 1.82) is 0 Å². The smallest absolute Gasteiger partial charge is 0.159 e. The number of hydrogen-bond donors (Lipinski definition) is 0. The molecule has 1 heterocycles. The van der Waals surface area contributed by atoms with Crippen molar-refractivity contribution in [2.75, 3.05) is 0 Å². The molecule has 1 aromatic carbocycles. The maximum Gasteiger partial charge on any atom is 0.159 e. The molecule has 4 heteroatoms. The molecule has 2 rings (SSSR count). The summed E-state index contributed by atoms with van der Waals surface area (Å²) in [6.45, 7) is 0. The van der Waals surface area contributed by atoms with Gasteiger partial charge in [0.05, 0.1) is 6.20 Å². The van der Waals surface area contributed by atoms with E-state index in [0.29, 0.717) is 10.7 Å². The van der Waals surface area contributed by atoms with Crippen molar-refractivity contribution in [3.05, 3.63) is 35.1 Å². The fourth-order valence-corrected chi connectivity index (χ4v) is 1.36. The summed E-state index contributed by atoms with van der Waals surface area (Å²) in [6, 6.07) is 5.18. The maximum absolute atomic E-state index is 10.5. The lowest BCUT2D eigenvalue weighted by molar-refractivity contribution is 0.112. The van der Waals surface area contributed by atoms with Crippen molar-refractivity contribution in [2.24, 2.45) is 0 Å². The van der Waals surface area contributed by atoms with Crippen LogP contribution in [0.4, 0.5) is 0 Å². The molecule has 0 N–H and O–H groups in total. The largest absolute Gasteiger partial charge is 0.298 e. The van der Waals surface area contributed by atoms with Crippen LogP contribution in [-0.4, -0.2) is 16.5 Å². The third-order valence-corrected chi connectivity index (χ3v) is 2.06. The number of fused-ring (bicyclic) bond motifs is 1. The molecule has 2 aromatic rings. The molecule has 0 fully saturated rings. The van der Waals surface area contributed by atoms with Crippen molar-refractivity contribution in [1.82, 2.24) is 10.2 Å². The van der Waals surface area contributed by atoms with E-state index >= 15 is 0 Å². The Bertz CT molecular complexity index is 470. The number of aldehydes is 1. The normalized spacial score (nSPS) is 10.2. The lowest BCUT2D eigenvalue weighted by Gasteiger charge is -1.97. The SMILES string of the molecule is O=Cc1ccc2c(Cl)nncc2c1. The van der Waals surface area contributed by atoms with Gasteiger partial charge < -0.3 is 0 Å². The number of nitrogens with zero attached hydrogens (tertiary/aromatic N) is 2. The predicted molar refractivity (Wildman–Crippen MR) is 49.9 cm³/mol. The van der Waals surface area contributed by atoms with Crippen LogP contribution < -0.4 is 0 Å². The third kappa shape index (κ3) is 1.38. The van der Waals surface area contributed by atoms with Crippen LogP contribution in [-0.2, 0) is 0 Å². The summed E-state index contributed by atoms with van der Waals surface area (Å²) in [5.74, 6) is 0. The number of hydrogen-bond acceptors (Lipinski definition) is 3. The Morgan fingerprint density at radius 2 is 2.23 bits per heavy atom. The standard InChI is InChI=1S/C9H5ClN2O/c10-9-8-2-1-6(5-13)3-7(8)4-11-12-9/h1-5H. The molecule has 0 bridgehead atoms. The number of aromatic nitrogens is 2. The molecule has 0 saturated carbocycles. The summed E-state index contributed by atoms with van der Waals surface area (Å²) in [4.78, 5) is 10.5. The first-order valence-electron chi connectivity index (χ1n) is 3.67. The second-order valence-corrected chi connectivity index (χ2v) is 2.96. The highest BCUT2D eigenvalue weighted by Crippen LogP contribution is 2.20. The lowest BCUT2D eigenvalue weighted by Crippen LogP contribution is -1.85. The van der Waals surface area contributed by atoms with Gasteiger partial charge in [-0.1, -0.05) is 23.7 Å². The number of rotatable bonds is 1. The quantitative estimate of drug-likeness (QED) is 0.650. The van der Waals surface area contributed by atoms with Crippen LogP contribution >= 0.6 is 11.6 Å². The second-order valence-electron chi connectivity index (χ2n) is 2.60. The van der Waals surface area contributed by atoms with Crippen molar-refractivity contribution in [2.45, 2.75) is 0 Å². The highest BCUT2D eigenvalue weighted by atomic mass is 35.5. The predicted octanol–water partition coefficient (Wildman–Crippen LogP) is 2.10. The topological polar surface area (TPSA) is 42.9 Å². The highest BCUT2D eigenvalue weighted by molar-refractivity contribution is 6.34. The van der Waals surface area contributed by atoms with E-state index in [9.17, 15) is 4.79 Å². The van der Waals surface area contributed by atoms with Gasteiger partial charge in [0.2, 0.25) is 0 Å². The van der Waals surface area contributed by atoms with Gasteiger partial charge in [-0.25, -0.2) is 0 Å². The molecule has 13 heavy (non-hydrogen) atoms. The minimum atomic E-state index is 0.356. The summed E-state index contributed by atoms with van der Waals surface area (Å²) in [7, 11) is 0. The van der Waals surface area contributed by atoms with Crippen molar-refractivity contribution >= 4 is 28.7 Å². The van der Waals surface area contributed by atoms with Gasteiger partial charge in [-0.15, -0.1) is 5.10 Å². The fourth-order valence-electron chi connectivity index (χ4n) is 1.14. The molecule has 0 aliphatic heterocycles. The van der Waals surface area contributed by atoms with Crippen LogP contribution in [0.25, 0.3) is 10.8 Å². The second kappa shape index (κ2) is 3.11. The molecule has 0 unspecified atom stereocenters. The minimum absolute atomic E-state index is 0.356. The Balaban J connectivity index is 2.79. The van der Waals surface area contributed by atoms with E-state index in [-0.39, 0.29) is 0 Å². The molecule has 0 saturated heterocycles. The molecule has 0 amide bonds. The van der Waals surface area contributed by atoms with E-state index in [1.807, 2.05) is 0 Å². The summed E-state index contributed by atoms with van der Waals surface area (Å²) in [6.07, 6.45) is 2.36. The Kier molecular flexibility index (Phi) is 1.94. The van der Waals surface area contributed by atoms with Gasteiger partial charge in [-0.05, 0) is 6.07 Å². The van der Waals surface area contributed by atoms with Crippen LogP contribution in [0.3, 0.4) is 0 Å². The number of carbonyl (C=O) groups is 1. The van der Waals surface area contributed by atoms with E-state index in [0.717, 1.165) is 17.1 Å². The van der Waals surface area contributed by atoms with Gasteiger partial charge in [0.1, 0.15) is 6.29 Å². The summed E-state index contributed by atoms with van der Waals surface area (Å²) in [5, 5.41) is 9.37. The Morgan fingerprint density at radius 3 is 3.00 bits per heavy atom. The molecule has 0 spiro atoms. The molecule has 64 valence electrons. The third-order valence-electron chi connectivity index (χ3n) is 1.78. The van der Waals surface area contributed by atoms with E-state index in [2.05, 4.69) is 10.2 Å². The van der Waals surface area contributed by atoms with E-state index in [1.54, 1.807) is 24.4 Å². The summed E-state index contributed by atoms with van der Waals surface area (Å²) >= 11 is 5.79. The number of benzene rings is 1. The van der Waals surface area contributed by atoms with Crippen molar-refractivity contribution < 1.29 is 4.79 Å². The van der Waals surface area contributed by atoms with Gasteiger partial charge in [0.15, 0.2) is 5.15 Å². The van der Waals surface area contributed by atoms with Crippen LogP contribution in [0.15, 0.2) is 24.4 Å². The first-order valence-corrected chi connectivity index (χ1v) is 4.05. The average molecular weight is 193 g/mol. The van der Waals surface area contributed by atoms with E-state index < -0.39 is 0 Å². The molecule has 3 nitrogen and oxygen atoms in total. The van der Waals surface area contributed by atoms with Crippen LogP contribution in [0.5, 0.6) is 0 Å². The molecule has 0 aliphatic rings. The van der Waals surface area contributed by atoms with Gasteiger partial charge in [-0.3, -0.25) is 4.79 Å². The zero-order chi connectivity index (χ0) is 9.26. The van der Waals surface area contributed by atoms with Crippen molar-refractivity contribution in [3.63, 3.8) is 0 Å². The highest BCUT2D eigenvalue weighted by Gasteiger charge is 2.00. The monoisotopic (exact) mass is 192 g/mol. The summed E-state index contributed by atoms with van der Waals surface area (Å²) in [5.41, 5.74) is 0.608. The first-order chi connectivity index (χ1) is 6.31. The van der Waals surface area contributed by atoms with Crippen LogP contribution in [0.1, 0.15) is 10.4 Å². The molecule has 0 atom stereocenters.